The van der Waals surface area contributed by atoms with Gasteiger partial charge in [0.05, 0.1) is 4.92 Å². The number of nitro benzene ring substituents is 1. The van der Waals surface area contributed by atoms with E-state index in [1.807, 2.05) is 6.92 Å². The van der Waals surface area contributed by atoms with E-state index in [2.05, 4.69) is 20.8 Å². The normalized spacial score (nSPS) is 10.2. The maximum absolute atomic E-state index is 12.0. The van der Waals surface area contributed by atoms with E-state index in [0.29, 0.717) is 18.1 Å². The van der Waals surface area contributed by atoms with Crippen LogP contribution < -0.4 is 10.6 Å². The van der Waals surface area contributed by atoms with Gasteiger partial charge in [0.25, 0.3) is 11.6 Å². The zero-order valence-electron chi connectivity index (χ0n) is 11.4. The third-order valence-corrected chi connectivity index (χ3v) is 2.57. The maximum Gasteiger partial charge on any atom is 0.328 e. The summed E-state index contributed by atoms with van der Waals surface area (Å²) < 4.78 is 4.76. The molecule has 0 saturated heterocycles. The van der Waals surface area contributed by atoms with E-state index in [1.54, 1.807) is 6.92 Å². The van der Waals surface area contributed by atoms with Crippen LogP contribution in [0.4, 0.5) is 17.4 Å². The third kappa shape index (κ3) is 3.32. The molecule has 0 aliphatic carbocycles. The number of hydrogen-bond acceptors (Lipinski definition) is 7. The number of benzene rings is 1. The molecule has 21 heavy (non-hydrogen) atoms. The highest BCUT2D eigenvalue weighted by molar-refractivity contribution is 6.04. The maximum atomic E-state index is 12.0. The fraction of sp³-hybridized carbons (Fsp3) is 0.250. The lowest BCUT2D eigenvalue weighted by molar-refractivity contribution is -0.384. The molecular weight excluding hydrogens is 278 g/mol. The number of nitrogens with one attached hydrogen (secondary N) is 2. The van der Waals surface area contributed by atoms with Gasteiger partial charge in [0.2, 0.25) is 0 Å². The summed E-state index contributed by atoms with van der Waals surface area (Å²) >= 11 is 0. The Morgan fingerprint density at radius 2 is 2.24 bits per heavy atom. The number of hydrogen-bond donors (Lipinski definition) is 2. The van der Waals surface area contributed by atoms with Crippen molar-refractivity contribution < 1.29 is 14.2 Å². The van der Waals surface area contributed by atoms with Crippen molar-refractivity contribution in [1.29, 1.82) is 0 Å². The highest BCUT2D eigenvalue weighted by Crippen LogP contribution is 2.25. The molecule has 0 atom stereocenters. The molecule has 0 unspecified atom stereocenters. The topological polar surface area (TPSA) is 123 Å². The molecule has 0 aliphatic rings. The summed E-state index contributed by atoms with van der Waals surface area (Å²) in [5.74, 6) is -0.191. The van der Waals surface area contributed by atoms with E-state index < -0.39 is 10.8 Å². The minimum absolute atomic E-state index is 0.0593. The van der Waals surface area contributed by atoms with Crippen molar-refractivity contribution in [3.05, 3.63) is 39.7 Å². The zero-order chi connectivity index (χ0) is 15.4. The van der Waals surface area contributed by atoms with Crippen LogP contribution in [0.25, 0.3) is 0 Å². The summed E-state index contributed by atoms with van der Waals surface area (Å²) in [6.45, 7) is 3.96. The van der Waals surface area contributed by atoms with E-state index in [9.17, 15) is 14.9 Å². The summed E-state index contributed by atoms with van der Waals surface area (Å²) in [6, 6.07) is 4.09. The lowest BCUT2D eigenvalue weighted by Crippen LogP contribution is -2.13. The third-order valence-electron chi connectivity index (χ3n) is 2.57. The molecule has 2 aromatic rings. The Morgan fingerprint density at radius 3 is 2.81 bits per heavy atom. The molecule has 0 radical (unpaired) electrons. The molecule has 9 nitrogen and oxygen atoms in total. The second-order valence-corrected chi connectivity index (χ2v) is 4.12. The van der Waals surface area contributed by atoms with Gasteiger partial charge in [0, 0.05) is 18.2 Å². The smallest absolute Gasteiger partial charge is 0.328 e. The number of aromatic nitrogens is 2. The Hall–Kier alpha value is -2.97. The molecule has 1 amide bonds. The number of carbonyl (C=O) groups is 1. The van der Waals surface area contributed by atoms with Crippen molar-refractivity contribution in [2.24, 2.45) is 0 Å². The molecule has 0 saturated carbocycles. The number of nitrogens with zero attached hydrogens (tertiary/aromatic N) is 3. The molecule has 9 heteroatoms. The summed E-state index contributed by atoms with van der Waals surface area (Å²) in [6.07, 6.45) is 0. The van der Waals surface area contributed by atoms with Gasteiger partial charge in [-0.15, -0.1) is 0 Å². The Balaban J connectivity index is 2.25. The SMILES string of the molecule is CCNc1ccc(C(=O)Nc2nc(C)no2)cc1[N+](=O)[O-]. The first-order chi connectivity index (χ1) is 10.0. The molecular formula is C12H13N5O4. The summed E-state index contributed by atoms with van der Waals surface area (Å²) in [7, 11) is 0. The minimum atomic E-state index is -0.565. The Morgan fingerprint density at radius 1 is 1.48 bits per heavy atom. The lowest BCUT2D eigenvalue weighted by atomic mass is 10.1. The number of amides is 1. The van der Waals surface area contributed by atoms with E-state index in [4.69, 9.17) is 4.52 Å². The van der Waals surface area contributed by atoms with Crippen molar-refractivity contribution in [3.63, 3.8) is 0 Å². The fourth-order valence-electron chi connectivity index (χ4n) is 1.68. The Labute approximate surface area is 119 Å². The number of anilines is 2. The first-order valence-electron chi connectivity index (χ1n) is 6.15. The van der Waals surface area contributed by atoms with Gasteiger partial charge in [-0.25, -0.2) is 0 Å². The van der Waals surface area contributed by atoms with Gasteiger partial charge in [-0.1, -0.05) is 5.16 Å². The molecule has 0 spiro atoms. The quantitative estimate of drug-likeness (QED) is 0.637. The average Bonchev–Trinajstić information content (AvgIpc) is 2.84. The van der Waals surface area contributed by atoms with Gasteiger partial charge < -0.3 is 9.84 Å². The van der Waals surface area contributed by atoms with Crippen molar-refractivity contribution in [2.75, 3.05) is 17.2 Å². The predicted octanol–water partition coefficient (Wildman–Crippen LogP) is 1.97. The number of aryl methyl sites for hydroxylation is 1. The van der Waals surface area contributed by atoms with Gasteiger partial charge >= 0.3 is 6.01 Å². The highest BCUT2D eigenvalue weighted by atomic mass is 16.6. The summed E-state index contributed by atoms with van der Waals surface area (Å²) in [5, 5.41) is 19.8. The molecule has 110 valence electrons. The van der Waals surface area contributed by atoms with E-state index in [1.165, 1.54) is 18.2 Å². The van der Waals surface area contributed by atoms with Gasteiger partial charge in [-0.3, -0.25) is 20.2 Å². The largest absolute Gasteiger partial charge is 0.380 e. The molecule has 1 aromatic carbocycles. The van der Waals surface area contributed by atoms with Gasteiger partial charge in [0.15, 0.2) is 5.82 Å². The Kier molecular flexibility index (Phi) is 4.12. The zero-order valence-corrected chi connectivity index (χ0v) is 11.4. The predicted molar refractivity (Wildman–Crippen MR) is 74.2 cm³/mol. The van der Waals surface area contributed by atoms with E-state index in [0.717, 1.165) is 0 Å². The van der Waals surface area contributed by atoms with E-state index >= 15 is 0 Å². The number of nitro groups is 1. The van der Waals surface area contributed by atoms with Crippen LogP contribution in [-0.4, -0.2) is 27.5 Å². The van der Waals surface area contributed by atoms with Gasteiger partial charge in [-0.2, -0.15) is 4.98 Å². The average molecular weight is 291 g/mol. The molecule has 2 N–H and O–H groups in total. The van der Waals surface area contributed by atoms with Crippen LogP contribution in [-0.2, 0) is 0 Å². The van der Waals surface area contributed by atoms with Crippen LogP contribution in [0.2, 0.25) is 0 Å². The highest BCUT2D eigenvalue weighted by Gasteiger charge is 2.18. The number of carbonyl (C=O) groups excluding carboxylic acids is 1. The van der Waals surface area contributed by atoms with Crippen LogP contribution in [0, 0.1) is 17.0 Å². The van der Waals surface area contributed by atoms with Crippen LogP contribution in [0.5, 0.6) is 0 Å². The van der Waals surface area contributed by atoms with Crippen molar-refractivity contribution >= 4 is 23.3 Å². The fourth-order valence-corrected chi connectivity index (χ4v) is 1.68. The van der Waals surface area contributed by atoms with Gasteiger partial charge in [-0.05, 0) is 26.0 Å². The van der Waals surface area contributed by atoms with Crippen LogP contribution in [0.3, 0.4) is 0 Å². The molecule has 1 aromatic heterocycles. The summed E-state index contributed by atoms with van der Waals surface area (Å²) in [4.78, 5) is 26.3. The minimum Gasteiger partial charge on any atom is -0.380 e. The first kappa shape index (κ1) is 14.4. The standard InChI is InChI=1S/C12H13N5O4/c1-3-13-9-5-4-8(6-10(9)17(19)20)11(18)15-12-14-7(2)16-21-12/h4-6,13H,3H2,1-2H3,(H,14,15,16,18). The van der Waals surface area contributed by atoms with E-state index in [-0.39, 0.29) is 17.3 Å². The second kappa shape index (κ2) is 5.99. The molecule has 0 bridgehead atoms. The molecule has 0 fully saturated rings. The van der Waals surface area contributed by atoms with Crippen LogP contribution in [0.15, 0.2) is 22.7 Å². The van der Waals surface area contributed by atoms with Crippen molar-refractivity contribution in [1.82, 2.24) is 10.1 Å². The molecule has 0 aliphatic heterocycles. The Bertz CT molecular complexity index is 682. The van der Waals surface area contributed by atoms with Crippen LogP contribution in [0.1, 0.15) is 23.1 Å². The number of rotatable bonds is 5. The summed E-state index contributed by atoms with van der Waals surface area (Å²) in [5.41, 5.74) is 0.304. The second-order valence-electron chi connectivity index (χ2n) is 4.12. The lowest BCUT2D eigenvalue weighted by Gasteiger charge is -2.06. The molecule has 1 heterocycles. The van der Waals surface area contributed by atoms with Crippen molar-refractivity contribution in [3.8, 4) is 0 Å². The van der Waals surface area contributed by atoms with Gasteiger partial charge in [0.1, 0.15) is 5.69 Å². The van der Waals surface area contributed by atoms with Crippen LogP contribution >= 0.6 is 0 Å². The monoisotopic (exact) mass is 291 g/mol. The van der Waals surface area contributed by atoms with Crippen molar-refractivity contribution in [2.45, 2.75) is 13.8 Å². The molecule has 2 rings (SSSR count). The first-order valence-corrected chi connectivity index (χ1v) is 6.15.